The van der Waals surface area contributed by atoms with Crippen molar-refractivity contribution in [1.82, 2.24) is 5.32 Å². The van der Waals surface area contributed by atoms with Gasteiger partial charge in [-0.25, -0.2) is 0 Å². The Hall–Kier alpha value is -2.14. The molecule has 2 aromatic rings. The number of carbonyl (C=O) groups is 1. The summed E-state index contributed by atoms with van der Waals surface area (Å²) >= 11 is 5.23. The van der Waals surface area contributed by atoms with Gasteiger partial charge in [0.05, 0.1) is 12.2 Å². The van der Waals surface area contributed by atoms with Crippen LogP contribution in [0.25, 0.3) is 10.8 Å². The summed E-state index contributed by atoms with van der Waals surface area (Å²) in [6.07, 6.45) is 0. The number of rotatable bonds is 2. The topological polar surface area (TPSA) is 35.6 Å². The minimum Gasteiger partial charge on any atom is -0.377 e. The Bertz CT molecular complexity index is 695. The van der Waals surface area contributed by atoms with E-state index < -0.39 is 0 Å². The van der Waals surface area contributed by atoms with Gasteiger partial charge in [-0.2, -0.15) is 0 Å². The Kier molecular flexibility index (Phi) is 3.06. The maximum atomic E-state index is 12.0. The first kappa shape index (κ1) is 12.9. The molecule has 0 radical (unpaired) electrons. The van der Waals surface area contributed by atoms with Crippen molar-refractivity contribution >= 4 is 45.4 Å². The molecule has 102 valence electrons. The Labute approximate surface area is 123 Å². The third kappa shape index (κ3) is 1.91. The van der Waals surface area contributed by atoms with E-state index in [1.165, 1.54) is 0 Å². The van der Waals surface area contributed by atoms with Gasteiger partial charge in [-0.3, -0.25) is 9.69 Å². The van der Waals surface area contributed by atoms with Crippen LogP contribution in [0.1, 0.15) is 0 Å². The van der Waals surface area contributed by atoms with Crippen molar-refractivity contribution in [3.8, 4) is 0 Å². The van der Waals surface area contributed by atoms with E-state index in [1.807, 2.05) is 44.4 Å². The Morgan fingerprint density at radius 3 is 2.45 bits per heavy atom. The first-order valence-corrected chi connectivity index (χ1v) is 6.80. The monoisotopic (exact) mass is 285 g/mol. The van der Waals surface area contributed by atoms with E-state index in [1.54, 1.807) is 4.90 Å². The van der Waals surface area contributed by atoms with E-state index in [-0.39, 0.29) is 12.5 Å². The summed E-state index contributed by atoms with van der Waals surface area (Å²) in [6.45, 7) is 0.266. The van der Waals surface area contributed by atoms with Gasteiger partial charge < -0.3 is 10.2 Å². The number of hydrogen-bond donors (Lipinski definition) is 1. The molecule has 1 saturated heterocycles. The lowest BCUT2D eigenvalue weighted by molar-refractivity contribution is -0.115. The molecule has 20 heavy (non-hydrogen) atoms. The van der Waals surface area contributed by atoms with Crippen LogP contribution in [0.3, 0.4) is 0 Å². The summed E-state index contributed by atoms with van der Waals surface area (Å²) in [7, 11) is 4.02. The minimum absolute atomic E-state index is 0.0160. The molecular formula is C15H15N3OS. The second kappa shape index (κ2) is 4.76. The molecule has 0 atom stereocenters. The molecule has 1 aliphatic heterocycles. The summed E-state index contributed by atoms with van der Waals surface area (Å²) in [5.74, 6) is -0.0160. The first-order chi connectivity index (χ1) is 9.59. The molecule has 0 aromatic heterocycles. The van der Waals surface area contributed by atoms with Gasteiger partial charge in [-0.15, -0.1) is 0 Å². The van der Waals surface area contributed by atoms with E-state index in [0.29, 0.717) is 5.11 Å². The third-order valence-electron chi connectivity index (χ3n) is 3.44. The lowest BCUT2D eigenvalue weighted by Gasteiger charge is -2.21. The second-order valence-electron chi connectivity index (χ2n) is 4.93. The van der Waals surface area contributed by atoms with E-state index in [2.05, 4.69) is 16.3 Å². The molecule has 5 heteroatoms. The molecule has 1 amide bonds. The van der Waals surface area contributed by atoms with Crippen LogP contribution in [0.2, 0.25) is 0 Å². The molecule has 1 aliphatic rings. The predicted molar refractivity (Wildman–Crippen MR) is 86.4 cm³/mol. The highest BCUT2D eigenvalue weighted by Crippen LogP contribution is 2.34. The van der Waals surface area contributed by atoms with Crippen molar-refractivity contribution in [3.63, 3.8) is 0 Å². The lowest BCUT2D eigenvalue weighted by Crippen LogP contribution is -2.30. The summed E-state index contributed by atoms with van der Waals surface area (Å²) in [5.41, 5.74) is 1.96. The zero-order valence-electron chi connectivity index (χ0n) is 11.4. The van der Waals surface area contributed by atoms with Crippen LogP contribution in [0.4, 0.5) is 11.4 Å². The fourth-order valence-electron chi connectivity index (χ4n) is 2.52. The van der Waals surface area contributed by atoms with Crippen molar-refractivity contribution in [3.05, 3.63) is 36.4 Å². The highest BCUT2D eigenvalue weighted by molar-refractivity contribution is 7.80. The van der Waals surface area contributed by atoms with Gasteiger partial charge in [-0.1, -0.05) is 24.3 Å². The van der Waals surface area contributed by atoms with E-state index >= 15 is 0 Å². The van der Waals surface area contributed by atoms with Crippen molar-refractivity contribution in [2.45, 2.75) is 0 Å². The summed E-state index contributed by atoms with van der Waals surface area (Å²) in [4.78, 5) is 15.7. The molecule has 0 aliphatic carbocycles. The number of nitrogens with one attached hydrogen (secondary N) is 1. The van der Waals surface area contributed by atoms with Crippen molar-refractivity contribution in [1.29, 1.82) is 0 Å². The summed E-state index contributed by atoms with van der Waals surface area (Å²) < 4.78 is 0. The van der Waals surface area contributed by atoms with Gasteiger partial charge in [0.25, 0.3) is 5.91 Å². The maximum absolute atomic E-state index is 12.0. The molecule has 1 N–H and O–H groups in total. The van der Waals surface area contributed by atoms with Gasteiger partial charge in [0.2, 0.25) is 0 Å². The van der Waals surface area contributed by atoms with Gasteiger partial charge in [0.1, 0.15) is 0 Å². The SMILES string of the molecule is CN(C)c1ccc(N2C(=O)CNC2=S)c2ccccc12. The maximum Gasteiger partial charge on any atom is 0.252 e. The molecule has 2 aromatic carbocycles. The van der Waals surface area contributed by atoms with Crippen LogP contribution in [-0.2, 0) is 4.79 Å². The molecular weight excluding hydrogens is 270 g/mol. The van der Waals surface area contributed by atoms with Crippen LogP contribution >= 0.6 is 12.2 Å². The average Bonchev–Trinajstić information content (AvgIpc) is 2.77. The first-order valence-electron chi connectivity index (χ1n) is 6.39. The molecule has 1 heterocycles. The largest absolute Gasteiger partial charge is 0.377 e. The van der Waals surface area contributed by atoms with Crippen molar-refractivity contribution < 1.29 is 4.79 Å². The number of benzene rings is 2. The zero-order chi connectivity index (χ0) is 14.3. The number of carbonyl (C=O) groups excluding carboxylic acids is 1. The van der Waals surface area contributed by atoms with Gasteiger partial charge in [0.15, 0.2) is 5.11 Å². The molecule has 0 unspecified atom stereocenters. The quantitative estimate of drug-likeness (QED) is 0.858. The fourth-order valence-corrected chi connectivity index (χ4v) is 2.79. The molecule has 0 saturated carbocycles. The molecule has 3 rings (SSSR count). The molecule has 0 bridgehead atoms. The number of fused-ring (bicyclic) bond motifs is 1. The Morgan fingerprint density at radius 2 is 1.85 bits per heavy atom. The Balaban J connectivity index is 2.25. The smallest absolute Gasteiger partial charge is 0.252 e. The van der Waals surface area contributed by atoms with Crippen LogP contribution in [0, 0.1) is 0 Å². The average molecular weight is 285 g/mol. The van der Waals surface area contributed by atoms with Crippen LogP contribution < -0.4 is 15.1 Å². The Morgan fingerprint density at radius 1 is 1.15 bits per heavy atom. The normalized spacial score (nSPS) is 14.8. The number of hydrogen-bond acceptors (Lipinski definition) is 3. The molecule has 0 spiro atoms. The standard InChI is InChI=1S/C15H15N3OS/c1-17(2)12-7-8-13(11-6-4-3-5-10(11)12)18-14(19)9-16-15(18)20/h3-8H,9H2,1-2H3,(H,16,20). The van der Waals surface area contributed by atoms with Crippen LogP contribution in [-0.4, -0.2) is 31.7 Å². The van der Waals surface area contributed by atoms with Gasteiger partial charge >= 0.3 is 0 Å². The highest BCUT2D eigenvalue weighted by atomic mass is 32.1. The third-order valence-corrected chi connectivity index (χ3v) is 3.77. The van der Waals surface area contributed by atoms with E-state index in [0.717, 1.165) is 22.1 Å². The number of nitrogens with zero attached hydrogens (tertiary/aromatic N) is 2. The second-order valence-corrected chi connectivity index (χ2v) is 5.32. The van der Waals surface area contributed by atoms with Gasteiger partial charge in [-0.05, 0) is 24.4 Å². The van der Waals surface area contributed by atoms with Crippen LogP contribution in [0.5, 0.6) is 0 Å². The van der Waals surface area contributed by atoms with E-state index in [9.17, 15) is 4.79 Å². The zero-order valence-corrected chi connectivity index (χ0v) is 12.2. The van der Waals surface area contributed by atoms with Crippen molar-refractivity contribution in [2.75, 3.05) is 30.4 Å². The van der Waals surface area contributed by atoms with Crippen molar-refractivity contribution in [2.24, 2.45) is 0 Å². The minimum atomic E-state index is -0.0160. The summed E-state index contributed by atoms with van der Waals surface area (Å²) in [6, 6.07) is 12.0. The summed E-state index contributed by atoms with van der Waals surface area (Å²) in [5, 5.41) is 5.52. The fraction of sp³-hybridized carbons (Fsp3) is 0.200. The molecule has 1 fully saturated rings. The predicted octanol–water partition coefficient (Wildman–Crippen LogP) is 2.13. The highest BCUT2D eigenvalue weighted by Gasteiger charge is 2.28. The van der Waals surface area contributed by atoms with E-state index in [4.69, 9.17) is 12.2 Å². The van der Waals surface area contributed by atoms with Gasteiger partial charge in [0, 0.05) is 30.6 Å². The van der Waals surface area contributed by atoms with Crippen LogP contribution in [0.15, 0.2) is 36.4 Å². The lowest BCUT2D eigenvalue weighted by atomic mass is 10.1. The number of thiocarbonyl (C=S) groups is 1. The number of amides is 1. The molecule has 4 nitrogen and oxygen atoms in total. The number of anilines is 2.